The molecule has 0 amide bonds. The predicted octanol–water partition coefficient (Wildman–Crippen LogP) is 24.0. The van der Waals surface area contributed by atoms with E-state index in [0.717, 1.165) is 199 Å². The van der Waals surface area contributed by atoms with Crippen LogP contribution in [0.3, 0.4) is 0 Å². The van der Waals surface area contributed by atoms with E-state index in [1.54, 1.807) is 49.2 Å². The van der Waals surface area contributed by atoms with Gasteiger partial charge in [0.1, 0.15) is 69.1 Å². The van der Waals surface area contributed by atoms with Crippen molar-refractivity contribution in [2.24, 2.45) is 0 Å². The molecule has 0 aliphatic heterocycles. The minimum atomic E-state index is -0.406. The van der Waals surface area contributed by atoms with Gasteiger partial charge in [0.25, 0.3) is 0 Å². The number of ether oxygens (including phenoxy) is 8. The molecule has 0 N–H and O–H groups in total. The highest BCUT2D eigenvalue weighted by molar-refractivity contribution is 6.16. The first-order valence-electron chi connectivity index (χ1n) is 41.0. The standard InChI is InChI=1S/C28H34O4.C26H30O4.C24H26O4.C22H22O4/c1-4-21-17-18-24-25(19-21)27(31-3)22-14-11-12-15-23(22)28(24)32-26(30)16-10-8-6-5-7-9-13-20(2)29;1-4-19-15-16-22-23(17-19)25(29-3)20-12-9-10-13-21(20)26(22)30-24(28)14-8-6-5-7-11-18(2)27;1-4-17-13-14-20-21(15-17)23(27-3)18-10-6-7-11-19(18)24(20)28-22(26)12-8-5-9-16(2)25;1-4-15-10-11-18-19(13-15)21(25-3)16-7-5-6-8-17(16)22(18)26-20(24)12-9-14(2)23/h11-12,14-15,17-19H,4-10,13,16H2,1-3H3;9-10,12-13,15-17H,4-8,11,14H2,1-3H3;6-7,10-11,13-15H,4-5,8-9,12H2,1-3H3;5-8,10-11,13H,4,9,12H2,1-3H3. The van der Waals surface area contributed by atoms with Crippen LogP contribution >= 0.6 is 0 Å². The molecule has 16 heteroatoms. The summed E-state index contributed by atoms with van der Waals surface area (Å²) in [5.74, 6) is 5.00. The average Bonchev–Trinajstić information content (AvgIpc) is 0.772. The molecule has 16 nitrogen and oxygen atoms in total. The van der Waals surface area contributed by atoms with Gasteiger partial charge in [-0.05, 0) is 138 Å². The first kappa shape index (κ1) is 88.4. The van der Waals surface area contributed by atoms with Crippen LogP contribution in [0.25, 0.3) is 86.2 Å². The summed E-state index contributed by atoms with van der Waals surface area (Å²) in [6.07, 6.45) is 17.7. The molecule has 0 aliphatic carbocycles. The summed E-state index contributed by atoms with van der Waals surface area (Å²) in [5, 5.41) is 14.4. The molecular weight excluding hydrogens is 1460 g/mol. The molecule has 0 aliphatic rings. The Hall–Kier alpha value is -11.5. The fourth-order valence-electron chi connectivity index (χ4n) is 14.7. The second-order valence-electron chi connectivity index (χ2n) is 29.5. The summed E-state index contributed by atoms with van der Waals surface area (Å²) in [6, 6.07) is 56.0. The molecule has 0 fully saturated rings. The fraction of sp³-hybridized carbons (Fsp3) is 0.360. The number of aryl methyl sites for hydroxylation is 4. The lowest BCUT2D eigenvalue weighted by atomic mass is 9.98. The van der Waals surface area contributed by atoms with E-state index >= 15 is 0 Å². The van der Waals surface area contributed by atoms with E-state index in [4.69, 9.17) is 37.9 Å². The molecule has 0 saturated heterocycles. The highest BCUT2D eigenvalue weighted by Crippen LogP contribution is 2.48. The zero-order valence-electron chi connectivity index (χ0n) is 69.7. The third-order valence-electron chi connectivity index (χ3n) is 20.9. The lowest BCUT2D eigenvalue weighted by Gasteiger charge is -2.16. The van der Waals surface area contributed by atoms with Crippen molar-refractivity contribution < 1.29 is 76.3 Å². The number of esters is 4. The number of ketones is 4. The van der Waals surface area contributed by atoms with E-state index in [1.807, 2.05) is 127 Å². The summed E-state index contributed by atoms with van der Waals surface area (Å²) in [6.45, 7) is 14.7. The maximum atomic E-state index is 12.7. The van der Waals surface area contributed by atoms with Crippen molar-refractivity contribution in [3.63, 3.8) is 0 Å². The normalized spacial score (nSPS) is 11.0. The number of Topliss-reactive ketones (excluding diaryl/α,β-unsaturated/α-hetero) is 4. The van der Waals surface area contributed by atoms with Crippen LogP contribution in [0, 0.1) is 0 Å². The Balaban J connectivity index is 0.000000177. The largest absolute Gasteiger partial charge is 0.495 e. The van der Waals surface area contributed by atoms with Gasteiger partial charge in [0.2, 0.25) is 0 Å². The zero-order valence-corrected chi connectivity index (χ0v) is 69.7. The Bertz CT molecular complexity index is 5500. The van der Waals surface area contributed by atoms with E-state index in [-0.39, 0.29) is 53.9 Å². The Morgan fingerprint density at radius 1 is 0.207 bits per heavy atom. The van der Waals surface area contributed by atoms with Crippen molar-refractivity contribution in [1.29, 1.82) is 0 Å². The number of rotatable bonds is 36. The van der Waals surface area contributed by atoms with Crippen molar-refractivity contribution in [2.45, 2.75) is 209 Å². The van der Waals surface area contributed by atoms with Crippen LogP contribution in [0.15, 0.2) is 170 Å². The number of carbonyl (C=O) groups is 8. The summed E-state index contributed by atoms with van der Waals surface area (Å²) >= 11 is 0. The molecule has 0 heterocycles. The summed E-state index contributed by atoms with van der Waals surface area (Å²) < 4.78 is 46.4. The molecule has 0 unspecified atom stereocenters. The molecule has 12 aromatic carbocycles. The molecule has 0 atom stereocenters. The molecular formula is C100H112O16. The van der Waals surface area contributed by atoms with Crippen LogP contribution in [-0.2, 0) is 64.0 Å². The number of methoxy groups -OCH3 is 4. The van der Waals surface area contributed by atoms with Gasteiger partial charge in [0, 0.05) is 131 Å². The first-order chi connectivity index (χ1) is 56.2. The Morgan fingerprint density at radius 2 is 0.388 bits per heavy atom. The third-order valence-corrected chi connectivity index (χ3v) is 20.9. The smallest absolute Gasteiger partial charge is 0.311 e. The molecule has 0 spiro atoms. The zero-order chi connectivity index (χ0) is 83.2. The summed E-state index contributed by atoms with van der Waals surface area (Å²) in [5.41, 5.74) is 4.80. The fourth-order valence-corrected chi connectivity index (χ4v) is 14.7. The van der Waals surface area contributed by atoms with E-state index in [0.29, 0.717) is 74.4 Å². The van der Waals surface area contributed by atoms with Crippen LogP contribution in [0.5, 0.6) is 46.0 Å². The topological polar surface area (TPSA) is 210 Å². The van der Waals surface area contributed by atoms with Crippen LogP contribution in [0.4, 0.5) is 0 Å². The molecule has 608 valence electrons. The molecule has 0 saturated carbocycles. The van der Waals surface area contributed by atoms with Crippen LogP contribution < -0.4 is 37.9 Å². The van der Waals surface area contributed by atoms with Gasteiger partial charge in [0.05, 0.1) is 34.9 Å². The quantitative estimate of drug-likeness (QED) is 0.0155. The molecule has 0 aromatic heterocycles. The molecule has 116 heavy (non-hydrogen) atoms. The van der Waals surface area contributed by atoms with Gasteiger partial charge >= 0.3 is 23.9 Å². The van der Waals surface area contributed by atoms with Crippen molar-refractivity contribution in [3.8, 4) is 46.0 Å². The minimum absolute atomic E-state index is 0.0287. The Kier molecular flexibility index (Phi) is 33.8. The molecule has 0 radical (unpaired) electrons. The lowest BCUT2D eigenvalue weighted by molar-refractivity contribution is -0.136. The molecule has 0 bridgehead atoms. The Labute approximate surface area is 681 Å². The maximum absolute atomic E-state index is 12.7. The average molecular weight is 1570 g/mol. The van der Waals surface area contributed by atoms with Crippen LogP contribution in [-0.4, -0.2) is 75.4 Å². The molecule has 12 aromatic rings. The van der Waals surface area contributed by atoms with Crippen LogP contribution in [0.1, 0.15) is 206 Å². The van der Waals surface area contributed by atoms with Gasteiger partial charge in [-0.15, -0.1) is 0 Å². The molecule has 12 rings (SSSR count). The number of hydrogen-bond acceptors (Lipinski definition) is 16. The van der Waals surface area contributed by atoms with E-state index < -0.39 is 5.97 Å². The van der Waals surface area contributed by atoms with Crippen LogP contribution in [0.2, 0.25) is 0 Å². The number of unbranched alkanes of at least 4 members (excludes halogenated alkanes) is 9. The number of benzene rings is 12. The third kappa shape index (κ3) is 23.4. The van der Waals surface area contributed by atoms with E-state index in [9.17, 15) is 38.4 Å². The van der Waals surface area contributed by atoms with E-state index in [2.05, 4.69) is 70.2 Å². The van der Waals surface area contributed by atoms with Crippen molar-refractivity contribution >= 4 is 133 Å². The van der Waals surface area contributed by atoms with Gasteiger partial charge in [-0.25, -0.2) is 0 Å². The van der Waals surface area contributed by atoms with Crippen molar-refractivity contribution in [2.75, 3.05) is 28.4 Å². The number of hydrogen-bond donors (Lipinski definition) is 0. The number of fused-ring (bicyclic) bond motifs is 8. The van der Waals surface area contributed by atoms with Gasteiger partial charge in [0.15, 0.2) is 0 Å². The predicted molar refractivity (Wildman–Crippen MR) is 467 cm³/mol. The minimum Gasteiger partial charge on any atom is -0.495 e. The number of carbonyl (C=O) groups excluding carboxylic acids is 8. The first-order valence-corrected chi connectivity index (χ1v) is 41.0. The second-order valence-corrected chi connectivity index (χ2v) is 29.5. The van der Waals surface area contributed by atoms with E-state index in [1.165, 1.54) is 29.2 Å². The summed E-state index contributed by atoms with van der Waals surface area (Å²) in [7, 11) is 6.68. The second kappa shape index (κ2) is 44.4. The maximum Gasteiger partial charge on any atom is 0.311 e. The van der Waals surface area contributed by atoms with Gasteiger partial charge < -0.3 is 57.1 Å². The van der Waals surface area contributed by atoms with Gasteiger partial charge in [-0.1, -0.05) is 212 Å². The highest BCUT2D eigenvalue weighted by atomic mass is 16.6. The van der Waals surface area contributed by atoms with Crippen molar-refractivity contribution in [1.82, 2.24) is 0 Å². The summed E-state index contributed by atoms with van der Waals surface area (Å²) in [4.78, 5) is 94.3. The SMILES string of the molecule is CCc1ccc2c(OC(=O)CCC(C)=O)c3ccccc3c(OC)c2c1.CCc1ccc2c(OC(=O)CCCCC(C)=O)c3ccccc3c(OC)c2c1.CCc1ccc2c(OC(=O)CCCCCCC(C)=O)c3ccccc3c(OC)c2c1.CCc1ccc2c(OC(=O)CCCCCCCCC(C)=O)c3ccccc3c(OC)c2c1. The van der Waals surface area contributed by atoms with Gasteiger partial charge in [-0.2, -0.15) is 0 Å². The Morgan fingerprint density at radius 3 is 0.603 bits per heavy atom. The lowest BCUT2D eigenvalue weighted by Crippen LogP contribution is -2.10. The van der Waals surface area contributed by atoms with Crippen molar-refractivity contribution in [3.05, 3.63) is 192 Å². The highest BCUT2D eigenvalue weighted by Gasteiger charge is 2.24. The monoisotopic (exact) mass is 1570 g/mol. The van der Waals surface area contributed by atoms with Gasteiger partial charge in [-0.3, -0.25) is 19.2 Å².